The van der Waals surface area contributed by atoms with E-state index in [0.29, 0.717) is 12.5 Å². The van der Waals surface area contributed by atoms with Crippen LogP contribution >= 0.6 is 0 Å². The third-order valence-corrected chi connectivity index (χ3v) is 5.78. The van der Waals surface area contributed by atoms with Gasteiger partial charge in [-0.05, 0) is 32.3 Å². The molecule has 0 bridgehead atoms. The van der Waals surface area contributed by atoms with E-state index in [2.05, 4.69) is 31.9 Å². The summed E-state index contributed by atoms with van der Waals surface area (Å²) in [6.07, 6.45) is 8.18. The average molecular weight is 396 g/mol. The first-order chi connectivity index (χ1) is 14.1. The summed E-state index contributed by atoms with van der Waals surface area (Å²) in [5.74, 6) is 2.28. The molecule has 1 fully saturated rings. The first-order valence-electron chi connectivity index (χ1n) is 10.3. The van der Waals surface area contributed by atoms with E-state index < -0.39 is 0 Å². The standard InChI is InChI=1S/C20H28N8O/c1-4-9-28-15(2)17(13-22-28)20(29)26-11-6-16(7-12-26)19-24-23-18(25(19)3)14-27-10-5-8-21-27/h5,8,10,13,16H,4,6-7,9,11-12,14H2,1-3H3. The molecule has 0 atom stereocenters. The van der Waals surface area contributed by atoms with Crippen LogP contribution in [-0.4, -0.2) is 58.2 Å². The van der Waals surface area contributed by atoms with Crippen LogP contribution < -0.4 is 0 Å². The van der Waals surface area contributed by atoms with Crippen LogP contribution in [0.3, 0.4) is 0 Å². The molecule has 3 aromatic heterocycles. The number of rotatable bonds is 6. The molecule has 0 unspecified atom stereocenters. The molecule has 1 aliphatic rings. The van der Waals surface area contributed by atoms with E-state index in [1.54, 1.807) is 12.4 Å². The molecule has 1 amide bonds. The van der Waals surface area contributed by atoms with Gasteiger partial charge in [0.05, 0.1) is 11.8 Å². The summed E-state index contributed by atoms with van der Waals surface area (Å²) < 4.78 is 5.83. The topological polar surface area (TPSA) is 86.7 Å². The Bertz CT molecular complexity index is 963. The minimum absolute atomic E-state index is 0.0839. The van der Waals surface area contributed by atoms with Crippen molar-refractivity contribution in [3.05, 3.63) is 47.6 Å². The number of nitrogens with zero attached hydrogens (tertiary/aromatic N) is 8. The van der Waals surface area contributed by atoms with Crippen molar-refractivity contribution in [1.82, 2.24) is 39.2 Å². The Morgan fingerprint density at radius 2 is 2.00 bits per heavy atom. The largest absolute Gasteiger partial charge is 0.338 e. The summed E-state index contributed by atoms with van der Waals surface area (Å²) in [5.41, 5.74) is 1.67. The highest BCUT2D eigenvalue weighted by molar-refractivity contribution is 5.95. The Hall–Kier alpha value is -2.97. The lowest BCUT2D eigenvalue weighted by Gasteiger charge is -2.31. The number of aryl methyl sites for hydroxylation is 1. The fraction of sp³-hybridized carbons (Fsp3) is 0.550. The molecule has 9 heteroatoms. The maximum Gasteiger partial charge on any atom is 0.257 e. The van der Waals surface area contributed by atoms with Gasteiger partial charge >= 0.3 is 0 Å². The average Bonchev–Trinajstić information content (AvgIpc) is 3.45. The van der Waals surface area contributed by atoms with E-state index in [-0.39, 0.29) is 5.91 Å². The fourth-order valence-corrected chi connectivity index (χ4v) is 4.01. The minimum Gasteiger partial charge on any atom is -0.338 e. The second-order valence-corrected chi connectivity index (χ2v) is 7.67. The molecule has 3 aromatic rings. The molecule has 0 aliphatic carbocycles. The maximum atomic E-state index is 13.0. The number of hydrogen-bond acceptors (Lipinski definition) is 5. The molecule has 1 saturated heterocycles. The molecule has 0 aromatic carbocycles. The summed E-state index contributed by atoms with van der Waals surface area (Å²) in [4.78, 5) is 14.9. The van der Waals surface area contributed by atoms with Crippen molar-refractivity contribution in [2.75, 3.05) is 13.1 Å². The lowest BCUT2D eigenvalue weighted by Crippen LogP contribution is -2.38. The molecule has 29 heavy (non-hydrogen) atoms. The predicted octanol–water partition coefficient (Wildman–Crippen LogP) is 1.99. The summed E-state index contributed by atoms with van der Waals surface area (Å²) in [5, 5.41) is 17.4. The van der Waals surface area contributed by atoms with E-state index in [4.69, 9.17) is 0 Å². The number of carbonyl (C=O) groups is 1. The van der Waals surface area contributed by atoms with Gasteiger partial charge in [-0.3, -0.25) is 14.2 Å². The number of aromatic nitrogens is 7. The molecule has 9 nitrogen and oxygen atoms in total. The zero-order valence-corrected chi connectivity index (χ0v) is 17.3. The smallest absolute Gasteiger partial charge is 0.257 e. The lowest BCUT2D eigenvalue weighted by molar-refractivity contribution is 0.0709. The fourth-order valence-electron chi connectivity index (χ4n) is 4.01. The maximum absolute atomic E-state index is 13.0. The summed E-state index contributed by atoms with van der Waals surface area (Å²) in [6, 6.07) is 1.90. The Morgan fingerprint density at radius 3 is 2.69 bits per heavy atom. The van der Waals surface area contributed by atoms with Gasteiger partial charge < -0.3 is 9.47 Å². The van der Waals surface area contributed by atoms with E-state index >= 15 is 0 Å². The third-order valence-electron chi connectivity index (χ3n) is 5.78. The van der Waals surface area contributed by atoms with Gasteiger partial charge in [0, 0.05) is 50.7 Å². The van der Waals surface area contributed by atoms with Crippen LogP contribution in [0.4, 0.5) is 0 Å². The van der Waals surface area contributed by atoms with Gasteiger partial charge in [-0.15, -0.1) is 10.2 Å². The molecule has 0 N–H and O–H groups in total. The SMILES string of the molecule is CCCn1ncc(C(=O)N2CCC(c3nnc(Cn4cccn4)n3C)CC2)c1C. The second kappa shape index (κ2) is 8.18. The van der Waals surface area contributed by atoms with Crippen molar-refractivity contribution in [2.45, 2.75) is 52.1 Å². The van der Waals surface area contributed by atoms with Crippen LogP contribution in [0.25, 0.3) is 0 Å². The van der Waals surface area contributed by atoms with E-state index in [1.807, 2.05) is 40.5 Å². The van der Waals surface area contributed by atoms with Crippen LogP contribution in [0.2, 0.25) is 0 Å². The monoisotopic (exact) mass is 396 g/mol. The van der Waals surface area contributed by atoms with Gasteiger partial charge in [-0.1, -0.05) is 6.92 Å². The highest BCUT2D eigenvalue weighted by Gasteiger charge is 2.29. The molecule has 1 aliphatic heterocycles. The molecule has 154 valence electrons. The highest BCUT2D eigenvalue weighted by Crippen LogP contribution is 2.28. The molecule has 0 saturated carbocycles. The molecule has 0 radical (unpaired) electrons. The summed E-state index contributed by atoms with van der Waals surface area (Å²) in [7, 11) is 2.01. The van der Waals surface area contributed by atoms with Gasteiger partial charge in [0.2, 0.25) is 0 Å². The van der Waals surface area contributed by atoms with Gasteiger partial charge in [0.25, 0.3) is 5.91 Å². The van der Waals surface area contributed by atoms with Crippen LogP contribution in [-0.2, 0) is 20.1 Å². The van der Waals surface area contributed by atoms with Gasteiger partial charge in [-0.25, -0.2) is 0 Å². The number of amides is 1. The summed E-state index contributed by atoms with van der Waals surface area (Å²) in [6.45, 7) is 6.99. The molecule has 0 spiro atoms. The van der Waals surface area contributed by atoms with Crippen molar-refractivity contribution in [2.24, 2.45) is 7.05 Å². The molecule has 4 heterocycles. The van der Waals surface area contributed by atoms with Crippen molar-refractivity contribution >= 4 is 5.91 Å². The normalized spacial score (nSPS) is 15.2. The van der Waals surface area contributed by atoms with Crippen LogP contribution in [0.1, 0.15) is 59.8 Å². The highest BCUT2D eigenvalue weighted by atomic mass is 16.2. The Balaban J connectivity index is 1.39. The predicted molar refractivity (Wildman–Crippen MR) is 107 cm³/mol. The van der Waals surface area contributed by atoms with E-state index in [1.165, 1.54) is 0 Å². The quantitative estimate of drug-likeness (QED) is 0.636. The van der Waals surface area contributed by atoms with Gasteiger partial charge in [-0.2, -0.15) is 10.2 Å². The first-order valence-corrected chi connectivity index (χ1v) is 10.3. The number of hydrogen-bond donors (Lipinski definition) is 0. The Morgan fingerprint density at radius 1 is 1.21 bits per heavy atom. The van der Waals surface area contributed by atoms with Gasteiger partial charge in [0.15, 0.2) is 5.82 Å². The van der Waals surface area contributed by atoms with Crippen molar-refractivity contribution < 1.29 is 4.79 Å². The van der Waals surface area contributed by atoms with Crippen LogP contribution in [0, 0.1) is 6.92 Å². The zero-order valence-electron chi connectivity index (χ0n) is 17.3. The number of piperidine rings is 1. The van der Waals surface area contributed by atoms with Gasteiger partial charge in [0.1, 0.15) is 12.4 Å². The number of likely N-dealkylation sites (tertiary alicyclic amines) is 1. The zero-order chi connectivity index (χ0) is 20.4. The first kappa shape index (κ1) is 19.4. The van der Waals surface area contributed by atoms with E-state index in [0.717, 1.165) is 61.8 Å². The third kappa shape index (κ3) is 3.81. The van der Waals surface area contributed by atoms with Crippen molar-refractivity contribution in [3.63, 3.8) is 0 Å². The lowest BCUT2D eigenvalue weighted by atomic mass is 9.95. The van der Waals surface area contributed by atoms with Crippen LogP contribution in [0.15, 0.2) is 24.7 Å². The van der Waals surface area contributed by atoms with E-state index in [9.17, 15) is 4.79 Å². The second-order valence-electron chi connectivity index (χ2n) is 7.67. The Kier molecular flexibility index (Phi) is 5.46. The molecular weight excluding hydrogens is 368 g/mol. The summed E-state index contributed by atoms with van der Waals surface area (Å²) >= 11 is 0. The van der Waals surface area contributed by atoms with Crippen molar-refractivity contribution in [1.29, 1.82) is 0 Å². The number of carbonyl (C=O) groups excluding carboxylic acids is 1. The Labute approximate surface area is 170 Å². The van der Waals surface area contributed by atoms with Crippen molar-refractivity contribution in [3.8, 4) is 0 Å². The minimum atomic E-state index is 0.0839. The molecule has 4 rings (SSSR count). The van der Waals surface area contributed by atoms with Crippen LogP contribution in [0.5, 0.6) is 0 Å². The molecular formula is C20H28N8O.